The van der Waals surface area contributed by atoms with Crippen LogP contribution < -0.4 is 9.47 Å². The Kier molecular flexibility index (Phi) is 2.71. The molecule has 0 spiro atoms. The topological polar surface area (TPSA) is 54.2 Å². The first-order valence-corrected chi connectivity index (χ1v) is 6.99. The number of fused-ring (bicyclic) bond motifs is 3. The zero-order valence-corrected chi connectivity index (χ0v) is 12.0. The van der Waals surface area contributed by atoms with E-state index in [1.54, 1.807) is 42.5 Å². The van der Waals surface area contributed by atoms with Gasteiger partial charge in [0.2, 0.25) is 5.69 Å². The molecule has 1 aliphatic rings. The summed E-state index contributed by atoms with van der Waals surface area (Å²) in [5, 5.41) is 0.542. The Hall–Kier alpha value is -2.79. The summed E-state index contributed by atoms with van der Waals surface area (Å²) >= 11 is 5.85. The minimum atomic E-state index is -0.416. The lowest BCUT2D eigenvalue weighted by Crippen LogP contribution is -2.46. The Balaban J connectivity index is 1.93. The summed E-state index contributed by atoms with van der Waals surface area (Å²) < 4.78 is 1.39. The molecule has 0 N–H and O–H groups in total. The van der Waals surface area contributed by atoms with Gasteiger partial charge in [0, 0.05) is 5.02 Å². The summed E-state index contributed by atoms with van der Waals surface area (Å²) in [5.74, 6) is -0.398. The number of amides is 2. The molecule has 22 heavy (non-hydrogen) atoms. The molecule has 0 aliphatic carbocycles. The standard InChI is InChI=1S/C16H9ClN3O2/c17-10-5-7-11(8-6-10)19-15(21)14-9-18-12-3-1-2-4-13(12)20(14)16(19)22/h1-9H/q+1. The Morgan fingerprint density at radius 3 is 2.50 bits per heavy atom. The number of aromatic nitrogens is 2. The van der Waals surface area contributed by atoms with Crippen LogP contribution in [0.3, 0.4) is 0 Å². The summed E-state index contributed by atoms with van der Waals surface area (Å²) in [6.45, 7) is 0. The number of carbonyl (C=O) groups excluding carboxylic acids is 2. The number of anilines is 1. The lowest BCUT2D eigenvalue weighted by atomic mass is 10.3. The van der Waals surface area contributed by atoms with Crippen molar-refractivity contribution in [2.75, 3.05) is 4.90 Å². The highest BCUT2D eigenvalue weighted by Gasteiger charge is 2.48. The molecule has 0 atom stereocenters. The number of nitrogens with zero attached hydrogens (tertiary/aromatic N) is 3. The van der Waals surface area contributed by atoms with Crippen molar-refractivity contribution in [1.29, 1.82) is 0 Å². The molecule has 2 aromatic carbocycles. The first-order valence-electron chi connectivity index (χ1n) is 6.61. The lowest BCUT2D eigenvalue weighted by Gasteiger charge is -2.04. The van der Waals surface area contributed by atoms with Crippen LogP contribution in [0.15, 0.2) is 54.7 Å². The minimum absolute atomic E-state index is 0.249. The number of hydrogen-bond acceptors (Lipinski definition) is 3. The second-order valence-electron chi connectivity index (χ2n) is 4.87. The summed E-state index contributed by atoms with van der Waals surface area (Å²) in [4.78, 5) is 30.6. The molecule has 0 fully saturated rings. The van der Waals surface area contributed by atoms with Gasteiger partial charge < -0.3 is 0 Å². The fourth-order valence-electron chi connectivity index (χ4n) is 2.56. The SMILES string of the molecule is O=C1c2cnc3ccccc3[n+]2C(=O)N1c1ccc(Cl)cc1. The monoisotopic (exact) mass is 310 g/mol. The number of hydrogen-bond donors (Lipinski definition) is 0. The van der Waals surface area contributed by atoms with Crippen molar-refractivity contribution >= 4 is 40.3 Å². The third-order valence-electron chi connectivity index (χ3n) is 3.58. The molecule has 2 heterocycles. The molecular weight excluding hydrogens is 302 g/mol. The van der Waals surface area contributed by atoms with Gasteiger partial charge in [0.25, 0.3) is 0 Å². The molecule has 5 nitrogen and oxygen atoms in total. The van der Waals surface area contributed by atoms with Gasteiger partial charge in [0.1, 0.15) is 11.2 Å². The zero-order chi connectivity index (χ0) is 15.3. The molecule has 1 aliphatic heterocycles. The normalized spacial score (nSPS) is 13.8. The van der Waals surface area contributed by atoms with Crippen molar-refractivity contribution in [1.82, 2.24) is 4.98 Å². The average Bonchev–Trinajstić information content (AvgIpc) is 2.80. The van der Waals surface area contributed by atoms with Crippen LogP contribution in [-0.4, -0.2) is 16.9 Å². The quantitative estimate of drug-likeness (QED) is 0.649. The number of rotatable bonds is 1. The van der Waals surface area contributed by atoms with Crippen molar-refractivity contribution in [3.05, 3.63) is 65.4 Å². The van der Waals surface area contributed by atoms with Gasteiger partial charge in [-0.25, -0.2) is 9.78 Å². The minimum Gasteiger partial charge on any atom is -0.248 e. The van der Waals surface area contributed by atoms with E-state index in [-0.39, 0.29) is 5.69 Å². The van der Waals surface area contributed by atoms with Crippen LogP contribution >= 0.6 is 11.6 Å². The van der Waals surface area contributed by atoms with E-state index in [2.05, 4.69) is 4.98 Å². The number of imide groups is 1. The van der Waals surface area contributed by atoms with Crippen molar-refractivity contribution < 1.29 is 14.2 Å². The number of para-hydroxylation sites is 2. The van der Waals surface area contributed by atoms with E-state index in [1.807, 2.05) is 6.07 Å². The maximum atomic E-state index is 12.7. The van der Waals surface area contributed by atoms with Crippen molar-refractivity contribution in [2.45, 2.75) is 0 Å². The van der Waals surface area contributed by atoms with Crippen LogP contribution in [-0.2, 0) is 0 Å². The Morgan fingerprint density at radius 2 is 1.73 bits per heavy atom. The molecule has 3 aromatic rings. The molecule has 0 bridgehead atoms. The highest BCUT2D eigenvalue weighted by atomic mass is 35.5. The van der Waals surface area contributed by atoms with Gasteiger partial charge in [0.15, 0.2) is 5.52 Å². The van der Waals surface area contributed by atoms with E-state index in [1.165, 1.54) is 10.8 Å². The molecule has 4 rings (SSSR count). The second-order valence-corrected chi connectivity index (χ2v) is 5.30. The molecule has 106 valence electrons. The van der Waals surface area contributed by atoms with E-state index in [0.717, 1.165) is 4.90 Å². The van der Waals surface area contributed by atoms with E-state index >= 15 is 0 Å². The lowest BCUT2D eigenvalue weighted by molar-refractivity contribution is -0.537. The highest BCUT2D eigenvalue weighted by Crippen LogP contribution is 2.23. The van der Waals surface area contributed by atoms with Crippen LogP contribution in [0.1, 0.15) is 10.5 Å². The first kappa shape index (κ1) is 12.9. The van der Waals surface area contributed by atoms with Gasteiger partial charge in [-0.3, -0.25) is 0 Å². The van der Waals surface area contributed by atoms with Gasteiger partial charge in [-0.05, 0) is 36.4 Å². The van der Waals surface area contributed by atoms with Crippen LogP contribution in [0.4, 0.5) is 10.5 Å². The molecule has 1 aromatic heterocycles. The van der Waals surface area contributed by atoms with E-state index in [9.17, 15) is 9.59 Å². The van der Waals surface area contributed by atoms with Gasteiger partial charge in [0.05, 0.1) is 6.20 Å². The smallest absolute Gasteiger partial charge is 0.248 e. The predicted octanol–water partition coefficient (Wildman–Crippen LogP) is 2.80. The molecule has 0 saturated heterocycles. The maximum Gasteiger partial charge on any atom is 0.512 e. The molecule has 0 radical (unpaired) electrons. The van der Waals surface area contributed by atoms with Crippen LogP contribution in [0.5, 0.6) is 0 Å². The fraction of sp³-hybridized carbons (Fsp3) is 0. The van der Waals surface area contributed by atoms with Crippen molar-refractivity contribution in [2.24, 2.45) is 0 Å². The first-order chi connectivity index (χ1) is 10.7. The molecule has 0 saturated carbocycles. The Labute approximate surface area is 130 Å². The summed E-state index contributed by atoms with van der Waals surface area (Å²) in [5.41, 5.74) is 1.99. The van der Waals surface area contributed by atoms with Crippen molar-refractivity contribution in [3.8, 4) is 0 Å². The maximum absolute atomic E-state index is 12.7. The van der Waals surface area contributed by atoms with Gasteiger partial charge >= 0.3 is 11.9 Å². The Morgan fingerprint density at radius 1 is 1.00 bits per heavy atom. The Bertz CT molecular complexity index is 938. The van der Waals surface area contributed by atoms with Crippen LogP contribution in [0.2, 0.25) is 5.02 Å². The van der Waals surface area contributed by atoms with E-state index in [0.29, 0.717) is 21.7 Å². The predicted molar refractivity (Wildman–Crippen MR) is 81.0 cm³/mol. The summed E-state index contributed by atoms with van der Waals surface area (Å²) in [7, 11) is 0. The number of benzene rings is 2. The number of carbonyl (C=O) groups is 2. The average molecular weight is 311 g/mol. The van der Waals surface area contributed by atoms with Crippen LogP contribution in [0.25, 0.3) is 11.0 Å². The molecule has 2 amide bonds. The van der Waals surface area contributed by atoms with Gasteiger partial charge in [-0.15, -0.1) is 9.47 Å². The second kappa shape index (κ2) is 4.61. The van der Waals surface area contributed by atoms with E-state index < -0.39 is 11.9 Å². The number of halogens is 1. The van der Waals surface area contributed by atoms with E-state index in [4.69, 9.17) is 11.6 Å². The van der Waals surface area contributed by atoms with Crippen molar-refractivity contribution in [3.63, 3.8) is 0 Å². The summed E-state index contributed by atoms with van der Waals surface area (Å²) in [6.07, 6.45) is 1.43. The largest absolute Gasteiger partial charge is 0.512 e. The highest BCUT2D eigenvalue weighted by molar-refractivity contribution is 6.30. The van der Waals surface area contributed by atoms with Crippen LogP contribution in [0, 0.1) is 0 Å². The third-order valence-corrected chi connectivity index (χ3v) is 3.83. The van der Waals surface area contributed by atoms with Gasteiger partial charge in [-0.1, -0.05) is 23.7 Å². The third kappa shape index (κ3) is 1.72. The zero-order valence-electron chi connectivity index (χ0n) is 11.2. The molecule has 6 heteroatoms. The molecular formula is C16H9ClN3O2+. The fourth-order valence-corrected chi connectivity index (χ4v) is 2.68. The summed E-state index contributed by atoms with van der Waals surface area (Å²) in [6, 6.07) is 13.3. The van der Waals surface area contributed by atoms with Gasteiger partial charge in [-0.2, -0.15) is 4.79 Å². The molecule has 0 unspecified atom stereocenters.